The number of amides is 1. The van der Waals surface area contributed by atoms with Crippen LogP contribution in [-0.4, -0.2) is 41.1 Å². The zero-order valence-corrected chi connectivity index (χ0v) is 14.9. The number of nitrogens with zero attached hydrogens (tertiary/aromatic N) is 3. The van der Waals surface area contributed by atoms with Crippen LogP contribution in [0.5, 0.6) is 11.5 Å². The van der Waals surface area contributed by atoms with Gasteiger partial charge in [-0.1, -0.05) is 18.7 Å². The summed E-state index contributed by atoms with van der Waals surface area (Å²) < 4.78 is 12.1. The predicted molar refractivity (Wildman–Crippen MR) is 93.7 cm³/mol. The average Bonchev–Trinajstić information content (AvgIpc) is 2.96. The Morgan fingerprint density at radius 3 is 2.71 bits per heavy atom. The molecule has 0 radical (unpaired) electrons. The van der Waals surface area contributed by atoms with Crippen molar-refractivity contribution in [3.8, 4) is 11.5 Å². The molecule has 130 valence electrons. The summed E-state index contributed by atoms with van der Waals surface area (Å²) in [6, 6.07) is 4.67. The van der Waals surface area contributed by atoms with Gasteiger partial charge in [0.2, 0.25) is 11.9 Å². The number of hydrogen-bond acceptors (Lipinski definition) is 7. The summed E-state index contributed by atoms with van der Waals surface area (Å²) in [5, 5.41) is 11.3. The highest BCUT2D eigenvalue weighted by Gasteiger charge is 2.25. The smallest absolute Gasteiger partial charge is 0.247 e. The van der Waals surface area contributed by atoms with Gasteiger partial charge < -0.3 is 20.5 Å². The molecule has 1 unspecified atom stereocenters. The van der Waals surface area contributed by atoms with Crippen molar-refractivity contribution in [2.75, 3.05) is 31.5 Å². The normalized spacial score (nSPS) is 11.8. The van der Waals surface area contributed by atoms with Crippen LogP contribution in [0.25, 0.3) is 0 Å². The second-order valence-corrected chi connectivity index (χ2v) is 5.67. The topological polar surface area (TPSA) is 104 Å². The third-order valence-corrected chi connectivity index (χ3v) is 4.18. The first kappa shape index (κ1) is 17.9. The Morgan fingerprint density at radius 1 is 1.38 bits per heavy atom. The number of ether oxygens (including phenoxy) is 2. The fourth-order valence-electron chi connectivity index (χ4n) is 2.32. The lowest BCUT2D eigenvalue weighted by atomic mass is 10.2. The van der Waals surface area contributed by atoms with E-state index in [1.807, 2.05) is 13.2 Å². The molecule has 1 atom stereocenters. The Hall–Kier alpha value is -2.42. The van der Waals surface area contributed by atoms with E-state index in [-0.39, 0.29) is 11.9 Å². The summed E-state index contributed by atoms with van der Waals surface area (Å²) in [4.78, 5) is 12.7. The van der Waals surface area contributed by atoms with Crippen LogP contribution in [0.3, 0.4) is 0 Å². The number of benzene rings is 1. The maximum absolute atomic E-state index is 12.7. The lowest BCUT2D eigenvalue weighted by Gasteiger charge is -2.19. The number of thioether (sulfide) groups is 1. The number of carbonyl (C=O) groups excluding carboxylic acids is 1. The molecule has 1 heterocycles. The van der Waals surface area contributed by atoms with Crippen LogP contribution in [0.4, 0.5) is 11.6 Å². The summed E-state index contributed by atoms with van der Waals surface area (Å²) in [6.07, 6.45) is 2.40. The van der Waals surface area contributed by atoms with Gasteiger partial charge in [-0.3, -0.25) is 9.36 Å². The summed E-state index contributed by atoms with van der Waals surface area (Å²) >= 11 is 1.38. The van der Waals surface area contributed by atoms with Crippen LogP contribution < -0.4 is 20.5 Å². The summed E-state index contributed by atoms with van der Waals surface area (Å²) in [6.45, 7) is 1.90. The monoisotopic (exact) mass is 351 g/mol. The minimum absolute atomic E-state index is 0.211. The van der Waals surface area contributed by atoms with E-state index in [4.69, 9.17) is 15.2 Å². The molecule has 2 rings (SSSR count). The van der Waals surface area contributed by atoms with Gasteiger partial charge >= 0.3 is 0 Å². The molecule has 1 aromatic heterocycles. The molecule has 1 aromatic carbocycles. The van der Waals surface area contributed by atoms with Crippen molar-refractivity contribution < 1.29 is 14.3 Å². The molecule has 9 heteroatoms. The molecule has 0 saturated carbocycles. The van der Waals surface area contributed by atoms with Gasteiger partial charge in [0.15, 0.2) is 5.16 Å². The number of methoxy groups -OCH3 is 2. The van der Waals surface area contributed by atoms with Gasteiger partial charge in [-0.25, -0.2) is 0 Å². The van der Waals surface area contributed by atoms with E-state index in [0.29, 0.717) is 28.8 Å². The van der Waals surface area contributed by atoms with Crippen LogP contribution in [0, 0.1) is 0 Å². The Kier molecular flexibility index (Phi) is 5.91. The Labute approximate surface area is 144 Å². The molecule has 3 N–H and O–H groups in total. The van der Waals surface area contributed by atoms with Gasteiger partial charge in [0.25, 0.3) is 0 Å². The quantitative estimate of drug-likeness (QED) is 0.737. The van der Waals surface area contributed by atoms with Crippen LogP contribution >= 0.6 is 11.8 Å². The van der Waals surface area contributed by atoms with Gasteiger partial charge in [0.1, 0.15) is 17.5 Å². The maximum atomic E-state index is 12.7. The first-order chi connectivity index (χ1) is 11.5. The van der Waals surface area contributed by atoms with Crippen molar-refractivity contribution in [1.29, 1.82) is 0 Å². The minimum atomic E-state index is -0.519. The van der Waals surface area contributed by atoms with E-state index in [1.54, 1.807) is 29.9 Å². The fraction of sp³-hybridized carbons (Fsp3) is 0.400. The molecule has 0 aliphatic rings. The molecular formula is C15H21N5O3S. The van der Waals surface area contributed by atoms with Crippen LogP contribution in [0.1, 0.15) is 19.4 Å². The first-order valence-electron chi connectivity index (χ1n) is 7.32. The standard InChI is InChI=1S/C15H21N5O3S/c1-5-11(20-14(16)18-19-15(20)24-4)13(21)17-10-7-6-9(22-2)8-12(10)23-3/h6-8,11H,5H2,1-4H3,(H2,16,18)(H,17,21). The number of nitrogen functional groups attached to an aromatic ring is 1. The SMILES string of the molecule is CCC(C(=O)Nc1ccc(OC)cc1OC)n1c(N)nnc1SC. The van der Waals surface area contributed by atoms with Crippen molar-refractivity contribution in [3.05, 3.63) is 18.2 Å². The maximum Gasteiger partial charge on any atom is 0.247 e. The summed E-state index contributed by atoms with van der Waals surface area (Å²) in [7, 11) is 3.10. The van der Waals surface area contributed by atoms with Gasteiger partial charge in [-0.05, 0) is 24.8 Å². The Morgan fingerprint density at radius 2 is 2.12 bits per heavy atom. The third-order valence-electron chi connectivity index (χ3n) is 3.54. The lowest BCUT2D eigenvalue weighted by molar-refractivity contribution is -0.119. The third kappa shape index (κ3) is 3.56. The number of carbonyl (C=O) groups is 1. The van der Waals surface area contributed by atoms with E-state index >= 15 is 0 Å². The highest BCUT2D eigenvalue weighted by molar-refractivity contribution is 7.98. The molecule has 0 spiro atoms. The number of hydrogen-bond donors (Lipinski definition) is 2. The van der Waals surface area contributed by atoms with Crippen molar-refractivity contribution in [2.45, 2.75) is 24.5 Å². The van der Waals surface area contributed by atoms with Crippen LogP contribution in [0.15, 0.2) is 23.4 Å². The van der Waals surface area contributed by atoms with E-state index in [2.05, 4.69) is 15.5 Å². The van der Waals surface area contributed by atoms with Gasteiger partial charge in [0.05, 0.1) is 19.9 Å². The molecule has 0 bridgehead atoms. The number of anilines is 2. The Balaban J connectivity index is 2.29. The largest absolute Gasteiger partial charge is 0.497 e. The molecule has 0 aliphatic carbocycles. The van der Waals surface area contributed by atoms with Crippen molar-refractivity contribution in [3.63, 3.8) is 0 Å². The fourth-order valence-corrected chi connectivity index (χ4v) is 2.86. The zero-order chi connectivity index (χ0) is 17.7. The van der Waals surface area contributed by atoms with E-state index in [0.717, 1.165) is 0 Å². The van der Waals surface area contributed by atoms with E-state index < -0.39 is 6.04 Å². The van der Waals surface area contributed by atoms with Crippen molar-refractivity contribution in [2.24, 2.45) is 0 Å². The predicted octanol–water partition coefficient (Wildman–Crippen LogP) is 2.19. The number of nitrogens with one attached hydrogen (secondary N) is 1. The summed E-state index contributed by atoms with van der Waals surface area (Å²) in [5.74, 6) is 1.15. The average molecular weight is 351 g/mol. The molecule has 0 saturated heterocycles. The van der Waals surface area contributed by atoms with Gasteiger partial charge in [0, 0.05) is 6.07 Å². The molecule has 24 heavy (non-hydrogen) atoms. The second-order valence-electron chi connectivity index (χ2n) is 4.89. The molecular weight excluding hydrogens is 330 g/mol. The van der Waals surface area contributed by atoms with Crippen LogP contribution in [0.2, 0.25) is 0 Å². The number of aromatic nitrogens is 3. The van der Waals surface area contributed by atoms with E-state index in [1.165, 1.54) is 18.9 Å². The highest BCUT2D eigenvalue weighted by Crippen LogP contribution is 2.31. The van der Waals surface area contributed by atoms with Gasteiger partial charge in [-0.15, -0.1) is 10.2 Å². The van der Waals surface area contributed by atoms with E-state index in [9.17, 15) is 4.79 Å². The van der Waals surface area contributed by atoms with Crippen molar-refractivity contribution in [1.82, 2.24) is 14.8 Å². The molecule has 1 amide bonds. The minimum Gasteiger partial charge on any atom is -0.497 e. The lowest BCUT2D eigenvalue weighted by Crippen LogP contribution is -2.27. The first-order valence-corrected chi connectivity index (χ1v) is 8.55. The van der Waals surface area contributed by atoms with Crippen molar-refractivity contribution >= 4 is 29.3 Å². The molecule has 0 fully saturated rings. The van der Waals surface area contributed by atoms with Gasteiger partial charge in [-0.2, -0.15) is 0 Å². The highest BCUT2D eigenvalue weighted by atomic mass is 32.2. The summed E-state index contributed by atoms with van der Waals surface area (Å²) in [5.41, 5.74) is 6.43. The molecule has 0 aliphatic heterocycles. The second kappa shape index (κ2) is 7.91. The molecule has 8 nitrogen and oxygen atoms in total. The van der Waals surface area contributed by atoms with Crippen LogP contribution in [-0.2, 0) is 4.79 Å². The Bertz CT molecular complexity index is 719. The number of rotatable bonds is 7. The molecule has 2 aromatic rings. The zero-order valence-electron chi connectivity index (χ0n) is 14.1. The number of nitrogens with two attached hydrogens (primary N) is 1.